The molecule has 31 heavy (non-hydrogen) atoms. The summed E-state index contributed by atoms with van der Waals surface area (Å²) in [5.41, 5.74) is 1.30. The molecule has 0 unspecified atom stereocenters. The normalized spacial score (nSPS) is 10.9. The SMILES string of the molecule is CCCCCCCCC(=CC(=O)OCCCCCCNCCO)CCCCCCCC. The minimum absolute atomic E-state index is 0.142. The van der Waals surface area contributed by atoms with Gasteiger partial charge >= 0.3 is 5.97 Å². The Labute approximate surface area is 193 Å². The molecule has 0 saturated carbocycles. The first-order valence-electron chi connectivity index (χ1n) is 13.4. The molecule has 0 amide bonds. The van der Waals surface area contributed by atoms with Crippen molar-refractivity contribution in [2.24, 2.45) is 0 Å². The van der Waals surface area contributed by atoms with Gasteiger partial charge in [-0.2, -0.15) is 0 Å². The van der Waals surface area contributed by atoms with E-state index in [1.807, 2.05) is 0 Å². The van der Waals surface area contributed by atoms with E-state index in [1.165, 1.54) is 82.6 Å². The van der Waals surface area contributed by atoms with Crippen LogP contribution in [0.3, 0.4) is 0 Å². The number of nitrogens with one attached hydrogen (secondary N) is 1. The lowest BCUT2D eigenvalue weighted by Crippen LogP contribution is -2.19. The van der Waals surface area contributed by atoms with Crippen LogP contribution in [0.15, 0.2) is 11.6 Å². The Hall–Kier alpha value is -0.870. The van der Waals surface area contributed by atoms with Gasteiger partial charge in [-0.25, -0.2) is 4.79 Å². The van der Waals surface area contributed by atoms with E-state index in [9.17, 15) is 4.79 Å². The molecule has 0 aromatic rings. The van der Waals surface area contributed by atoms with E-state index >= 15 is 0 Å². The van der Waals surface area contributed by atoms with E-state index in [0.29, 0.717) is 13.2 Å². The Morgan fingerprint density at radius 2 is 1.23 bits per heavy atom. The van der Waals surface area contributed by atoms with Gasteiger partial charge in [0, 0.05) is 12.6 Å². The summed E-state index contributed by atoms with van der Waals surface area (Å²) in [7, 11) is 0. The molecular formula is C27H53NO3. The molecule has 0 aromatic carbocycles. The second kappa shape index (κ2) is 25.4. The molecule has 0 aromatic heterocycles. The molecule has 0 bridgehead atoms. The maximum Gasteiger partial charge on any atom is 0.330 e. The van der Waals surface area contributed by atoms with Crippen LogP contribution in [0.4, 0.5) is 0 Å². The van der Waals surface area contributed by atoms with Gasteiger partial charge in [0.15, 0.2) is 0 Å². The molecule has 0 saturated heterocycles. The van der Waals surface area contributed by atoms with Crippen molar-refractivity contribution >= 4 is 5.97 Å². The zero-order valence-electron chi connectivity index (χ0n) is 20.9. The van der Waals surface area contributed by atoms with Crippen LogP contribution in [-0.4, -0.2) is 37.4 Å². The van der Waals surface area contributed by atoms with Crippen LogP contribution in [-0.2, 0) is 9.53 Å². The van der Waals surface area contributed by atoms with Gasteiger partial charge in [0.2, 0.25) is 0 Å². The highest BCUT2D eigenvalue weighted by Gasteiger charge is 2.05. The summed E-state index contributed by atoms with van der Waals surface area (Å²) in [5.74, 6) is -0.142. The zero-order chi connectivity index (χ0) is 22.8. The summed E-state index contributed by atoms with van der Waals surface area (Å²) in [4.78, 5) is 12.3. The van der Waals surface area contributed by atoms with Crippen molar-refractivity contribution < 1.29 is 14.6 Å². The molecule has 0 fully saturated rings. The van der Waals surface area contributed by atoms with Gasteiger partial charge in [-0.3, -0.25) is 0 Å². The first kappa shape index (κ1) is 30.1. The van der Waals surface area contributed by atoms with Crippen LogP contribution >= 0.6 is 0 Å². The van der Waals surface area contributed by atoms with Crippen LogP contribution in [0.2, 0.25) is 0 Å². The number of aliphatic hydroxyl groups excluding tert-OH is 1. The number of hydrogen-bond donors (Lipinski definition) is 2. The van der Waals surface area contributed by atoms with Crippen LogP contribution < -0.4 is 5.32 Å². The van der Waals surface area contributed by atoms with Crippen LogP contribution in [0.5, 0.6) is 0 Å². The third kappa shape index (κ3) is 23.6. The molecule has 0 radical (unpaired) electrons. The minimum Gasteiger partial charge on any atom is -0.463 e. The summed E-state index contributed by atoms with van der Waals surface area (Å²) < 4.78 is 5.47. The van der Waals surface area contributed by atoms with Gasteiger partial charge in [0.05, 0.1) is 13.2 Å². The van der Waals surface area contributed by atoms with Crippen molar-refractivity contribution in [3.8, 4) is 0 Å². The third-order valence-electron chi connectivity index (χ3n) is 5.81. The smallest absolute Gasteiger partial charge is 0.330 e. The number of rotatable bonds is 24. The standard InChI is InChI=1S/C27H53NO3/c1-3-5-7-9-11-15-19-26(20-16-12-10-8-6-4-2)25-27(30)31-24-18-14-13-17-21-28-22-23-29/h25,28-29H,3-24H2,1-2H3. The van der Waals surface area contributed by atoms with Gasteiger partial charge in [-0.15, -0.1) is 0 Å². The van der Waals surface area contributed by atoms with Crippen molar-refractivity contribution in [3.63, 3.8) is 0 Å². The fourth-order valence-corrected chi connectivity index (χ4v) is 3.82. The molecule has 4 nitrogen and oxygen atoms in total. The van der Waals surface area contributed by atoms with E-state index in [-0.39, 0.29) is 12.6 Å². The molecule has 0 heterocycles. The van der Waals surface area contributed by atoms with Gasteiger partial charge < -0.3 is 15.2 Å². The molecule has 0 aliphatic rings. The van der Waals surface area contributed by atoms with Crippen LogP contribution in [0.25, 0.3) is 0 Å². The Balaban J connectivity index is 4.08. The van der Waals surface area contributed by atoms with Crippen molar-refractivity contribution in [1.29, 1.82) is 0 Å². The molecular weight excluding hydrogens is 386 g/mol. The second-order valence-corrected chi connectivity index (χ2v) is 8.89. The molecule has 2 N–H and O–H groups in total. The average Bonchev–Trinajstić information content (AvgIpc) is 2.77. The maximum absolute atomic E-state index is 12.3. The van der Waals surface area contributed by atoms with E-state index in [0.717, 1.165) is 45.1 Å². The summed E-state index contributed by atoms with van der Waals surface area (Å²) in [5, 5.41) is 11.9. The summed E-state index contributed by atoms with van der Waals surface area (Å²) >= 11 is 0. The lowest BCUT2D eigenvalue weighted by molar-refractivity contribution is -0.137. The Bertz CT molecular complexity index is 391. The van der Waals surface area contributed by atoms with E-state index in [1.54, 1.807) is 6.08 Å². The second-order valence-electron chi connectivity index (χ2n) is 8.89. The number of allylic oxidation sites excluding steroid dienone is 1. The highest BCUT2D eigenvalue weighted by molar-refractivity contribution is 5.82. The number of unbranched alkanes of at least 4 members (excludes halogenated alkanes) is 13. The largest absolute Gasteiger partial charge is 0.463 e. The Morgan fingerprint density at radius 3 is 1.81 bits per heavy atom. The zero-order valence-corrected chi connectivity index (χ0v) is 20.9. The van der Waals surface area contributed by atoms with Crippen molar-refractivity contribution in [2.45, 2.75) is 129 Å². The van der Waals surface area contributed by atoms with Gasteiger partial charge in [0.1, 0.15) is 0 Å². The van der Waals surface area contributed by atoms with E-state index in [2.05, 4.69) is 19.2 Å². The van der Waals surface area contributed by atoms with Crippen molar-refractivity contribution in [1.82, 2.24) is 5.32 Å². The predicted molar refractivity (Wildman–Crippen MR) is 133 cm³/mol. The molecule has 4 heteroatoms. The molecule has 0 atom stereocenters. The lowest BCUT2D eigenvalue weighted by atomic mass is 9.99. The lowest BCUT2D eigenvalue weighted by Gasteiger charge is -2.09. The topological polar surface area (TPSA) is 58.6 Å². The number of hydrogen-bond acceptors (Lipinski definition) is 4. The predicted octanol–water partition coefficient (Wildman–Crippen LogP) is 7.10. The minimum atomic E-state index is -0.142. The average molecular weight is 440 g/mol. The molecule has 0 rings (SSSR count). The number of carbonyl (C=O) groups is 1. The molecule has 0 aliphatic heterocycles. The first-order chi connectivity index (χ1) is 15.2. The monoisotopic (exact) mass is 439 g/mol. The highest BCUT2D eigenvalue weighted by Crippen LogP contribution is 2.19. The molecule has 184 valence electrons. The number of carbonyl (C=O) groups excluding carboxylic acids is 1. The Morgan fingerprint density at radius 1 is 0.710 bits per heavy atom. The van der Waals surface area contributed by atoms with E-state index < -0.39 is 0 Å². The fourth-order valence-electron chi connectivity index (χ4n) is 3.82. The highest BCUT2D eigenvalue weighted by atomic mass is 16.5. The molecule has 0 aliphatic carbocycles. The summed E-state index contributed by atoms with van der Waals surface area (Å²) in [6.07, 6.45) is 23.7. The summed E-state index contributed by atoms with van der Waals surface area (Å²) in [6, 6.07) is 0. The first-order valence-corrected chi connectivity index (χ1v) is 13.4. The van der Waals surface area contributed by atoms with Gasteiger partial charge in [0.25, 0.3) is 0 Å². The number of ether oxygens (including phenoxy) is 1. The van der Waals surface area contributed by atoms with E-state index in [4.69, 9.17) is 9.84 Å². The maximum atomic E-state index is 12.3. The Kier molecular flexibility index (Phi) is 24.7. The van der Waals surface area contributed by atoms with Crippen LogP contribution in [0.1, 0.15) is 129 Å². The third-order valence-corrected chi connectivity index (χ3v) is 5.81. The fraction of sp³-hybridized carbons (Fsp3) is 0.889. The summed E-state index contributed by atoms with van der Waals surface area (Å²) in [6.45, 7) is 6.85. The number of aliphatic hydroxyl groups is 1. The van der Waals surface area contributed by atoms with Gasteiger partial charge in [-0.05, 0) is 45.1 Å². The van der Waals surface area contributed by atoms with Crippen molar-refractivity contribution in [2.75, 3.05) is 26.3 Å². The van der Waals surface area contributed by atoms with Crippen LogP contribution in [0, 0.1) is 0 Å². The quantitative estimate of drug-likeness (QED) is 0.0956. The van der Waals surface area contributed by atoms with Gasteiger partial charge in [-0.1, -0.05) is 96.5 Å². The molecule has 0 spiro atoms. The number of esters is 1. The van der Waals surface area contributed by atoms with Crippen molar-refractivity contribution in [3.05, 3.63) is 11.6 Å².